The van der Waals surface area contributed by atoms with Gasteiger partial charge in [0.1, 0.15) is 22.5 Å². The molecule has 1 aromatic carbocycles. The van der Waals surface area contributed by atoms with Crippen molar-refractivity contribution < 1.29 is 9.90 Å². The number of aryl methyl sites for hydroxylation is 3. The number of aromatic hydroxyl groups is 1. The minimum atomic E-state index is 0.0907. The highest BCUT2D eigenvalue weighted by Crippen LogP contribution is 2.36. The molecule has 2 heterocycles. The molecule has 0 radical (unpaired) electrons. The summed E-state index contributed by atoms with van der Waals surface area (Å²) < 4.78 is 0. The molecule has 0 amide bonds. The maximum absolute atomic E-state index is 12.0. The van der Waals surface area contributed by atoms with E-state index >= 15 is 0 Å². The van der Waals surface area contributed by atoms with Gasteiger partial charge in [0.2, 0.25) is 0 Å². The molecular weight excluding hydrogens is 266 g/mol. The van der Waals surface area contributed by atoms with Crippen LogP contribution in [-0.2, 0) is 6.42 Å². The summed E-state index contributed by atoms with van der Waals surface area (Å²) in [5, 5.41) is 11.1. The van der Waals surface area contributed by atoms with Gasteiger partial charge in [-0.15, -0.1) is 0 Å². The Kier molecular flexibility index (Phi) is 2.37. The zero-order valence-electron chi connectivity index (χ0n) is 11.9. The number of H-pyrrole nitrogens is 1. The number of carbonyl (C=O) groups is 1. The van der Waals surface area contributed by atoms with Crippen molar-refractivity contribution in [1.82, 2.24) is 15.0 Å². The molecule has 2 aromatic heterocycles. The molecule has 5 nitrogen and oxygen atoms in total. The van der Waals surface area contributed by atoms with Gasteiger partial charge < -0.3 is 10.1 Å². The number of aromatic nitrogens is 3. The number of aromatic amines is 1. The second-order valence-electron chi connectivity index (χ2n) is 5.68. The second-order valence-corrected chi connectivity index (χ2v) is 5.68. The summed E-state index contributed by atoms with van der Waals surface area (Å²) in [4.78, 5) is 24.3. The van der Waals surface area contributed by atoms with Gasteiger partial charge in [-0.25, -0.2) is 9.97 Å². The Morgan fingerprint density at radius 1 is 1.19 bits per heavy atom. The van der Waals surface area contributed by atoms with Crippen molar-refractivity contribution in [3.05, 3.63) is 28.7 Å². The number of rotatable bonds is 0. The monoisotopic (exact) mass is 281 g/mol. The summed E-state index contributed by atoms with van der Waals surface area (Å²) in [6.45, 7) is 3.83. The Balaban J connectivity index is 2.20. The fourth-order valence-electron chi connectivity index (χ4n) is 3.08. The van der Waals surface area contributed by atoms with Gasteiger partial charge in [-0.2, -0.15) is 0 Å². The highest BCUT2D eigenvalue weighted by Gasteiger charge is 2.25. The molecule has 0 unspecified atom stereocenters. The van der Waals surface area contributed by atoms with Crippen LogP contribution in [0.1, 0.15) is 40.3 Å². The van der Waals surface area contributed by atoms with Gasteiger partial charge in [0, 0.05) is 17.5 Å². The minimum Gasteiger partial charge on any atom is -0.506 e. The maximum atomic E-state index is 12.0. The van der Waals surface area contributed by atoms with Gasteiger partial charge in [-0.3, -0.25) is 4.79 Å². The molecule has 0 saturated heterocycles. The van der Waals surface area contributed by atoms with Gasteiger partial charge in [0.15, 0.2) is 5.78 Å². The molecule has 21 heavy (non-hydrogen) atoms. The van der Waals surface area contributed by atoms with Crippen LogP contribution in [0.25, 0.3) is 21.9 Å². The smallest absolute Gasteiger partial charge is 0.181 e. The van der Waals surface area contributed by atoms with E-state index in [1.54, 1.807) is 6.07 Å². The Labute approximate surface area is 121 Å². The molecule has 0 spiro atoms. The van der Waals surface area contributed by atoms with E-state index in [0.29, 0.717) is 28.7 Å². The zero-order valence-corrected chi connectivity index (χ0v) is 11.9. The lowest BCUT2D eigenvalue weighted by atomic mass is 9.94. The molecular formula is C16H15N3O2. The molecule has 1 aliphatic rings. The van der Waals surface area contributed by atoms with E-state index in [9.17, 15) is 9.90 Å². The molecule has 0 saturated carbocycles. The molecule has 4 rings (SSSR count). The van der Waals surface area contributed by atoms with E-state index in [2.05, 4.69) is 15.0 Å². The predicted octanol–water partition coefficient (Wildman–Crippen LogP) is 2.95. The van der Waals surface area contributed by atoms with Crippen LogP contribution in [0.2, 0.25) is 0 Å². The summed E-state index contributed by atoms with van der Waals surface area (Å²) in [6.07, 6.45) is 2.23. The number of carbonyl (C=O) groups excluding carboxylic acids is 1. The van der Waals surface area contributed by atoms with Crippen LogP contribution in [0.3, 0.4) is 0 Å². The van der Waals surface area contributed by atoms with Crippen LogP contribution in [-0.4, -0.2) is 25.8 Å². The van der Waals surface area contributed by atoms with Crippen LogP contribution in [0, 0.1) is 13.8 Å². The van der Waals surface area contributed by atoms with Crippen molar-refractivity contribution in [2.75, 3.05) is 0 Å². The van der Waals surface area contributed by atoms with Gasteiger partial charge in [-0.05, 0) is 38.3 Å². The first-order valence-electron chi connectivity index (χ1n) is 7.11. The summed E-state index contributed by atoms with van der Waals surface area (Å²) in [5.41, 5.74) is 5.21. The average molecular weight is 281 g/mol. The second kappa shape index (κ2) is 4.04. The van der Waals surface area contributed by atoms with Crippen LogP contribution in [0.15, 0.2) is 6.07 Å². The first-order chi connectivity index (χ1) is 10.1. The number of phenolic OH excluding ortho intramolecular Hbond substituents is 1. The number of nitrogens with one attached hydrogen (secondary N) is 1. The number of Topliss-reactive ketones (excluding diaryl/α,β-unsaturated/α-hetero) is 1. The van der Waals surface area contributed by atoms with Crippen molar-refractivity contribution in [3.8, 4) is 5.75 Å². The van der Waals surface area contributed by atoms with Crippen molar-refractivity contribution in [2.45, 2.75) is 33.1 Å². The van der Waals surface area contributed by atoms with Gasteiger partial charge in [0.05, 0.1) is 11.2 Å². The number of phenols is 1. The lowest BCUT2D eigenvalue weighted by Gasteiger charge is -2.09. The molecule has 2 N–H and O–H groups in total. The number of fused-ring (bicyclic) bond motifs is 5. The third-order valence-electron chi connectivity index (χ3n) is 4.32. The minimum absolute atomic E-state index is 0.0907. The van der Waals surface area contributed by atoms with Crippen molar-refractivity contribution in [1.29, 1.82) is 0 Å². The molecule has 0 fully saturated rings. The third-order valence-corrected chi connectivity index (χ3v) is 4.32. The predicted molar refractivity (Wildman–Crippen MR) is 79.8 cm³/mol. The summed E-state index contributed by atoms with van der Waals surface area (Å²) in [7, 11) is 0. The van der Waals surface area contributed by atoms with E-state index < -0.39 is 0 Å². The van der Waals surface area contributed by atoms with Gasteiger partial charge in [0.25, 0.3) is 0 Å². The molecule has 106 valence electrons. The largest absolute Gasteiger partial charge is 0.506 e. The van der Waals surface area contributed by atoms with E-state index in [-0.39, 0.29) is 11.5 Å². The number of ketones is 1. The highest BCUT2D eigenvalue weighted by atomic mass is 16.3. The van der Waals surface area contributed by atoms with Crippen molar-refractivity contribution >= 4 is 27.7 Å². The van der Waals surface area contributed by atoms with E-state index in [1.807, 2.05) is 13.8 Å². The topological polar surface area (TPSA) is 78.9 Å². The number of benzene rings is 1. The van der Waals surface area contributed by atoms with Gasteiger partial charge in [-0.1, -0.05) is 0 Å². The molecule has 3 aromatic rings. The normalized spacial score (nSPS) is 14.9. The molecule has 0 aliphatic heterocycles. The van der Waals surface area contributed by atoms with Crippen molar-refractivity contribution in [2.24, 2.45) is 0 Å². The van der Waals surface area contributed by atoms with Crippen LogP contribution < -0.4 is 0 Å². The maximum Gasteiger partial charge on any atom is 0.181 e. The average Bonchev–Trinajstić information content (AvgIpc) is 2.82. The summed E-state index contributed by atoms with van der Waals surface area (Å²) in [5.74, 6) is 0.245. The molecule has 0 bridgehead atoms. The standard InChI is InChI=1S/C16H15N3O2/c1-7-8(2)18-16-14-10(6-12(21)15(16)17-7)9-4-3-5-11(20)13(9)19-14/h6,17,21H,3-5H2,1-2H3. The Morgan fingerprint density at radius 2 is 2.00 bits per heavy atom. The van der Waals surface area contributed by atoms with Crippen LogP contribution in [0.5, 0.6) is 5.75 Å². The number of hydrogen-bond donors (Lipinski definition) is 2. The van der Waals surface area contributed by atoms with E-state index in [0.717, 1.165) is 35.2 Å². The van der Waals surface area contributed by atoms with Gasteiger partial charge >= 0.3 is 0 Å². The third kappa shape index (κ3) is 1.60. The first kappa shape index (κ1) is 12.3. The number of hydrogen-bond acceptors (Lipinski definition) is 4. The fraction of sp³-hybridized carbons (Fsp3) is 0.312. The Morgan fingerprint density at radius 3 is 2.81 bits per heavy atom. The zero-order chi connectivity index (χ0) is 14.7. The Bertz CT molecular complexity index is 925. The molecule has 1 aliphatic carbocycles. The number of nitrogens with zero attached hydrogens (tertiary/aromatic N) is 2. The van der Waals surface area contributed by atoms with Crippen LogP contribution in [0.4, 0.5) is 0 Å². The molecule has 0 atom stereocenters. The quantitative estimate of drug-likeness (QED) is 0.664. The molecule has 5 heteroatoms. The fourth-order valence-corrected chi connectivity index (χ4v) is 3.08. The lowest BCUT2D eigenvalue weighted by Crippen LogP contribution is -2.09. The SMILES string of the molecule is Cc1nc2c([nH]c1C)c(O)cc1c3c(nc12)C(=O)CCC3. The Hall–Kier alpha value is -2.43. The van der Waals surface area contributed by atoms with Crippen LogP contribution >= 0.6 is 0 Å². The first-order valence-corrected chi connectivity index (χ1v) is 7.11. The summed E-state index contributed by atoms with van der Waals surface area (Å²) >= 11 is 0. The van der Waals surface area contributed by atoms with E-state index in [1.165, 1.54) is 0 Å². The lowest BCUT2D eigenvalue weighted by molar-refractivity contribution is 0.0968. The highest BCUT2D eigenvalue weighted by molar-refractivity contribution is 6.11. The van der Waals surface area contributed by atoms with E-state index in [4.69, 9.17) is 0 Å². The summed E-state index contributed by atoms with van der Waals surface area (Å²) in [6, 6.07) is 1.70. The van der Waals surface area contributed by atoms with Crippen molar-refractivity contribution in [3.63, 3.8) is 0 Å².